The molecule has 1 aromatic rings. The minimum atomic E-state index is -0.185. The summed E-state index contributed by atoms with van der Waals surface area (Å²) in [5, 5.41) is 15.9. The van der Waals surface area contributed by atoms with Crippen molar-refractivity contribution in [2.45, 2.75) is 6.92 Å². The van der Waals surface area contributed by atoms with Crippen molar-refractivity contribution in [3.8, 4) is 11.5 Å². The van der Waals surface area contributed by atoms with E-state index in [4.69, 9.17) is 20.4 Å². The number of nitrogens with one attached hydrogen (secondary N) is 1. The van der Waals surface area contributed by atoms with E-state index in [0.717, 1.165) is 5.56 Å². The molecule has 7 heteroatoms. The smallest absolute Gasteiger partial charge is 0.237 e. The topological polar surface area (TPSA) is 101 Å². The summed E-state index contributed by atoms with van der Waals surface area (Å²) in [6.45, 7) is 1.76. The van der Waals surface area contributed by atoms with E-state index in [1.165, 1.54) is 0 Å². The van der Waals surface area contributed by atoms with Gasteiger partial charge in [-0.15, -0.1) is 5.10 Å². The molecular weight excluding hydrogens is 236 g/mol. The van der Waals surface area contributed by atoms with Crippen LogP contribution in [0.3, 0.4) is 0 Å². The van der Waals surface area contributed by atoms with Gasteiger partial charge in [0.05, 0.1) is 19.9 Å². The number of nitrogens with two attached hydrogens (primary N) is 1. The van der Waals surface area contributed by atoms with Gasteiger partial charge in [-0.05, 0) is 25.1 Å². The quantitative estimate of drug-likeness (QED) is 0.416. The predicted octanol–water partition coefficient (Wildman–Crippen LogP) is 0.721. The lowest BCUT2D eigenvalue weighted by Gasteiger charge is -2.08. The molecule has 0 atom stereocenters. The van der Waals surface area contributed by atoms with Gasteiger partial charge in [0, 0.05) is 5.56 Å². The summed E-state index contributed by atoms with van der Waals surface area (Å²) in [6.07, 6.45) is 0. The Kier molecular flexibility index (Phi) is 4.94. The van der Waals surface area contributed by atoms with Gasteiger partial charge in [-0.25, -0.2) is 5.48 Å². The Labute approximate surface area is 105 Å². The Bertz CT molecular complexity index is 471. The maximum Gasteiger partial charge on any atom is 0.237 e. The number of hydrogen-bond acceptors (Lipinski definition) is 5. The summed E-state index contributed by atoms with van der Waals surface area (Å²) in [6, 6.07) is 5.36. The lowest BCUT2D eigenvalue weighted by Crippen LogP contribution is -2.27. The van der Waals surface area contributed by atoms with Crippen molar-refractivity contribution >= 4 is 11.7 Å². The molecule has 1 aromatic carbocycles. The Hall–Kier alpha value is -2.28. The lowest BCUT2D eigenvalue weighted by molar-refractivity contribution is 0.232. The molecule has 0 fully saturated rings. The van der Waals surface area contributed by atoms with E-state index in [2.05, 4.69) is 10.2 Å². The van der Waals surface area contributed by atoms with Crippen LogP contribution < -0.4 is 20.7 Å². The summed E-state index contributed by atoms with van der Waals surface area (Å²) >= 11 is 0. The van der Waals surface area contributed by atoms with Gasteiger partial charge in [-0.3, -0.25) is 5.21 Å². The van der Waals surface area contributed by atoms with Gasteiger partial charge in [-0.2, -0.15) is 5.10 Å². The molecule has 0 aliphatic rings. The average molecular weight is 252 g/mol. The van der Waals surface area contributed by atoms with Crippen molar-refractivity contribution in [3.05, 3.63) is 23.8 Å². The summed E-state index contributed by atoms with van der Waals surface area (Å²) in [5.41, 5.74) is 8.35. The third-order valence-corrected chi connectivity index (χ3v) is 2.22. The highest BCUT2D eigenvalue weighted by Crippen LogP contribution is 2.27. The maximum absolute atomic E-state index is 8.46. The SMILES string of the molecule is COc1ccc(/C(C)=N/N=C(N)NO)cc1OC. The van der Waals surface area contributed by atoms with Crippen molar-refractivity contribution < 1.29 is 14.7 Å². The zero-order valence-electron chi connectivity index (χ0n) is 10.5. The second kappa shape index (κ2) is 6.45. The number of benzene rings is 1. The average Bonchev–Trinajstić information content (AvgIpc) is 2.43. The van der Waals surface area contributed by atoms with Gasteiger partial charge in [0.15, 0.2) is 11.5 Å². The van der Waals surface area contributed by atoms with Gasteiger partial charge < -0.3 is 15.2 Å². The minimum Gasteiger partial charge on any atom is -0.493 e. The summed E-state index contributed by atoms with van der Waals surface area (Å²) in [5.74, 6) is 1.05. The summed E-state index contributed by atoms with van der Waals surface area (Å²) in [4.78, 5) is 0. The van der Waals surface area contributed by atoms with E-state index in [9.17, 15) is 0 Å². The minimum absolute atomic E-state index is 0.185. The van der Waals surface area contributed by atoms with E-state index in [1.54, 1.807) is 38.8 Å². The monoisotopic (exact) mass is 252 g/mol. The summed E-state index contributed by atoms with van der Waals surface area (Å²) in [7, 11) is 3.12. The van der Waals surface area contributed by atoms with E-state index < -0.39 is 0 Å². The molecule has 7 nitrogen and oxygen atoms in total. The van der Waals surface area contributed by atoms with Crippen LogP contribution in [0.2, 0.25) is 0 Å². The van der Waals surface area contributed by atoms with Crippen molar-refractivity contribution in [1.82, 2.24) is 5.48 Å². The normalized spacial score (nSPS) is 12.2. The van der Waals surface area contributed by atoms with Crippen molar-refractivity contribution in [2.75, 3.05) is 14.2 Å². The highest BCUT2D eigenvalue weighted by Gasteiger charge is 2.06. The number of guanidine groups is 1. The lowest BCUT2D eigenvalue weighted by atomic mass is 10.1. The maximum atomic E-state index is 8.46. The van der Waals surface area contributed by atoms with Crippen molar-refractivity contribution in [3.63, 3.8) is 0 Å². The van der Waals surface area contributed by atoms with Gasteiger partial charge in [0.25, 0.3) is 0 Å². The van der Waals surface area contributed by atoms with E-state index in [0.29, 0.717) is 17.2 Å². The molecule has 98 valence electrons. The van der Waals surface area contributed by atoms with Crippen LogP contribution in [-0.4, -0.2) is 31.1 Å². The fourth-order valence-corrected chi connectivity index (χ4v) is 1.27. The third-order valence-electron chi connectivity index (χ3n) is 2.22. The number of ether oxygens (including phenoxy) is 2. The van der Waals surface area contributed by atoms with Crippen molar-refractivity contribution in [2.24, 2.45) is 15.9 Å². The van der Waals surface area contributed by atoms with Crippen LogP contribution in [0.1, 0.15) is 12.5 Å². The Morgan fingerprint density at radius 1 is 1.22 bits per heavy atom. The molecule has 0 saturated carbocycles. The van der Waals surface area contributed by atoms with E-state index in [1.807, 2.05) is 6.07 Å². The third kappa shape index (κ3) is 3.36. The van der Waals surface area contributed by atoms with Crippen LogP contribution in [-0.2, 0) is 0 Å². The first-order chi connectivity index (χ1) is 8.62. The number of hydrogen-bond donors (Lipinski definition) is 3. The molecule has 18 heavy (non-hydrogen) atoms. The zero-order chi connectivity index (χ0) is 13.5. The molecule has 0 heterocycles. The van der Waals surface area contributed by atoms with E-state index in [-0.39, 0.29) is 5.96 Å². The fraction of sp³-hybridized carbons (Fsp3) is 0.273. The van der Waals surface area contributed by atoms with Gasteiger partial charge in [0.1, 0.15) is 0 Å². The van der Waals surface area contributed by atoms with Gasteiger partial charge in [-0.1, -0.05) is 0 Å². The highest BCUT2D eigenvalue weighted by atomic mass is 16.5. The molecular formula is C11H16N4O3. The predicted molar refractivity (Wildman–Crippen MR) is 68.3 cm³/mol. The van der Waals surface area contributed by atoms with E-state index >= 15 is 0 Å². The van der Waals surface area contributed by atoms with Crippen LogP contribution in [0, 0.1) is 0 Å². The van der Waals surface area contributed by atoms with Crippen LogP contribution in [0.15, 0.2) is 28.4 Å². The molecule has 0 radical (unpaired) electrons. The Balaban J connectivity index is 3.03. The molecule has 0 aliphatic carbocycles. The van der Waals surface area contributed by atoms with Gasteiger partial charge >= 0.3 is 0 Å². The highest BCUT2D eigenvalue weighted by molar-refractivity contribution is 5.99. The summed E-state index contributed by atoms with van der Waals surface area (Å²) < 4.78 is 10.3. The number of nitrogens with zero attached hydrogens (tertiary/aromatic N) is 2. The second-order valence-electron chi connectivity index (χ2n) is 3.35. The molecule has 0 aromatic heterocycles. The second-order valence-corrected chi connectivity index (χ2v) is 3.35. The largest absolute Gasteiger partial charge is 0.493 e. The van der Waals surface area contributed by atoms with Crippen LogP contribution in [0.5, 0.6) is 11.5 Å². The molecule has 4 N–H and O–H groups in total. The first kappa shape index (κ1) is 13.8. The van der Waals surface area contributed by atoms with Crippen LogP contribution in [0.25, 0.3) is 0 Å². The first-order valence-corrected chi connectivity index (χ1v) is 5.12. The number of hydroxylamine groups is 1. The molecule has 0 saturated heterocycles. The Morgan fingerprint density at radius 2 is 1.89 bits per heavy atom. The molecule has 0 spiro atoms. The molecule has 0 amide bonds. The zero-order valence-corrected chi connectivity index (χ0v) is 10.5. The van der Waals surface area contributed by atoms with Crippen LogP contribution in [0.4, 0.5) is 0 Å². The first-order valence-electron chi connectivity index (χ1n) is 5.12. The fourth-order valence-electron chi connectivity index (χ4n) is 1.27. The molecule has 0 aliphatic heterocycles. The van der Waals surface area contributed by atoms with Gasteiger partial charge in [0.2, 0.25) is 5.96 Å². The number of methoxy groups -OCH3 is 2. The van der Waals surface area contributed by atoms with Crippen LogP contribution >= 0.6 is 0 Å². The Morgan fingerprint density at radius 3 is 2.44 bits per heavy atom. The van der Waals surface area contributed by atoms with Crippen molar-refractivity contribution in [1.29, 1.82) is 0 Å². The molecule has 0 bridgehead atoms. The standard InChI is InChI=1S/C11H16N4O3/c1-7(13-14-11(12)15-16)8-4-5-9(17-2)10(6-8)18-3/h4-6,16H,1-3H3,(H3,12,14,15)/b13-7+. The number of rotatable bonds is 4. The molecule has 1 rings (SSSR count). The molecule has 0 unspecified atom stereocenters.